The first-order valence-corrected chi connectivity index (χ1v) is 9.20. The fourth-order valence-corrected chi connectivity index (χ4v) is 2.71. The van der Waals surface area contributed by atoms with E-state index < -0.39 is 23.7 Å². The van der Waals surface area contributed by atoms with E-state index in [2.05, 4.69) is 16.0 Å². The molecule has 0 aliphatic heterocycles. The van der Waals surface area contributed by atoms with Crippen molar-refractivity contribution < 1.29 is 27.2 Å². The van der Waals surface area contributed by atoms with E-state index in [1.165, 1.54) is 18.4 Å². The highest BCUT2D eigenvalue weighted by atomic mass is 35.5. The summed E-state index contributed by atoms with van der Waals surface area (Å²) in [5.74, 6) is -0.788. The van der Waals surface area contributed by atoms with Crippen LogP contribution in [0.1, 0.15) is 30.0 Å². The van der Waals surface area contributed by atoms with Crippen molar-refractivity contribution in [3.05, 3.63) is 52.9 Å². The van der Waals surface area contributed by atoms with Crippen molar-refractivity contribution in [3.63, 3.8) is 0 Å². The maximum atomic E-state index is 12.8. The molecule has 1 aromatic heterocycles. The second-order valence-corrected chi connectivity index (χ2v) is 6.99. The number of carbonyl (C=O) groups is 2. The number of carbonyl (C=O) groups excluding carboxylic acids is 2. The van der Waals surface area contributed by atoms with Gasteiger partial charge in [-0.15, -0.1) is 0 Å². The number of furan rings is 1. The number of nitrogens with one attached hydrogen (secondary N) is 3. The third-order valence-electron chi connectivity index (χ3n) is 4.01. The molecule has 1 aromatic carbocycles. The second kappa shape index (κ2) is 9.69. The molecule has 2 aromatic rings. The third-order valence-corrected chi connectivity index (χ3v) is 4.32. The Balaban J connectivity index is 1.91. The molecule has 0 unspecified atom stereocenters. The van der Waals surface area contributed by atoms with Crippen LogP contribution < -0.4 is 16.0 Å². The number of alkyl halides is 3. The van der Waals surface area contributed by atoms with E-state index in [0.717, 1.165) is 12.1 Å². The molecule has 0 aliphatic rings. The highest BCUT2D eigenvalue weighted by Gasteiger charge is 2.31. The molecule has 2 rings (SSSR count). The minimum absolute atomic E-state index is 0.135. The number of anilines is 1. The molecule has 1 atom stereocenters. The Bertz CT molecular complexity index is 839. The molecule has 2 amide bonds. The summed E-state index contributed by atoms with van der Waals surface area (Å²) in [7, 11) is 0. The molecule has 0 aliphatic carbocycles. The Morgan fingerprint density at radius 3 is 2.38 bits per heavy atom. The van der Waals surface area contributed by atoms with Crippen molar-refractivity contribution in [1.82, 2.24) is 10.6 Å². The molecule has 3 N–H and O–H groups in total. The van der Waals surface area contributed by atoms with E-state index in [9.17, 15) is 22.8 Å². The van der Waals surface area contributed by atoms with Gasteiger partial charge in [-0.3, -0.25) is 9.59 Å². The van der Waals surface area contributed by atoms with E-state index in [1.807, 2.05) is 0 Å². The highest BCUT2D eigenvalue weighted by Crippen LogP contribution is 2.34. The molecule has 10 heteroatoms. The summed E-state index contributed by atoms with van der Waals surface area (Å²) in [6.45, 7) is 3.91. The SMILES string of the molecule is CC(C)[C@@H](Nc1ccc(C(F)(F)F)cc1Cl)C(=O)NCCNC(=O)c1ccco1. The zero-order chi connectivity index (χ0) is 21.6. The summed E-state index contributed by atoms with van der Waals surface area (Å²) < 4.78 is 43.2. The average molecular weight is 432 g/mol. The lowest BCUT2D eigenvalue weighted by Gasteiger charge is -2.23. The van der Waals surface area contributed by atoms with Crippen LogP contribution >= 0.6 is 11.6 Å². The lowest BCUT2D eigenvalue weighted by Crippen LogP contribution is -2.45. The van der Waals surface area contributed by atoms with Crippen LogP contribution in [0.2, 0.25) is 5.02 Å². The Morgan fingerprint density at radius 2 is 1.83 bits per heavy atom. The zero-order valence-corrected chi connectivity index (χ0v) is 16.5. The van der Waals surface area contributed by atoms with Gasteiger partial charge in [0.25, 0.3) is 5.91 Å². The van der Waals surface area contributed by atoms with Crippen LogP contribution in [0.25, 0.3) is 0 Å². The van der Waals surface area contributed by atoms with E-state index in [0.29, 0.717) is 0 Å². The van der Waals surface area contributed by atoms with Crippen LogP contribution in [0.5, 0.6) is 0 Å². The van der Waals surface area contributed by atoms with Crippen LogP contribution in [0.4, 0.5) is 18.9 Å². The van der Waals surface area contributed by atoms with Gasteiger partial charge in [0.2, 0.25) is 5.91 Å². The van der Waals surface area contributed by atoms with Crippen LogP contribution in [0.15, 0.2) is 41.0 Å². The second-order valence-electron chi connectivity index (χ2n) is 6.58. The van der Waals surface area contributed by atoms with E-state index in [1.54, 1.807) is 19.9 Å². The number of halogens is 4. The van der Waals surface area contributed by atoms with Gasteiger partial charge >= 0.3 is 6.18 Å². The summed E-state index contributed by atoms with van der Waals surface area (Å²) in [5, 5.41) is 8.01. The van der Waals surface area contributed by atoms with Crippen LogP contribution in [0, 0.1) is 5.92 Å². The van der Waals surface area contributed by atoms with Gasteiger partial charge < -0.3 is 20.4 Å². The Hall–Kier alpha value is -2.68. The van der Waals surface area contributed by atoms with Gasteiger partial charge in [0.05, 0.1) is 22.5 Å². The zero-order valence-electron chi connectivity index (χ0n) is 15.8. The van der Waals surface area contributed by atoms with Crippen molar-refractivity contribution >= 4 is 29.1 Å². The molecule has 158 valence electrons. The maximum Gasteiger partial charge on any atom is 0.416 e. The number of hydrogen-bond donors (Lipinski definition) is 3. The minimum atomic E-state index is -4.50. The monoisotopic (exact) mass is 431 g/mol. The molecule has 0 bridgehead atoms. The van der Waals surface area contributed by atoms with Gasteiger partial charge in [0, 0.05) is 13.1 Å². The van der Waals surface area contributed by atoms with Crippen LogP contribution in [-0.2, 0) is 11.0 Å². The quantitative estimate of drug-likeness (QED) is 0.553. The summed E-state index contributed by atoms with van der Waals surface area (Å²) in [6, 6.07) is 5.27. The Morgan fingerprint density at radius 1 is 1.14 bits per heavy atom. The summed E-state index contributed by atoms with van der Waals surface area (Å²) in [4.78, 5) is 24.2. The first kappa shape index (κ1) is 22.6. The number of rotatable bonds is 8. The fourth-order valence-electron chi connectivity index (χ4n) is 2.48. The van der Waals surface area contributed by atoms with Gasteiger partial charge in [-0.25, -0.2) is 0 Å². The van der Waals surface area contributed by atoms with Gasteiger partial charge in [-0.05, 0) is 36.2 Å². The van der Waals surface area contributed by atoms with Gasteiger partial charge in [-0.1, -0.05) is 25.4 Å². The van der Waals surface area contributed by atoms with Crippen molar-refractivity contribution in [2.45, 2.75) is 26.1 Å². The molecule has 0 spiro atoms. The van der Waals surface area contributed by atoms with Crippen molar-refractivity contribution in [2.24, 2.45) is 5.92 Å². The summed E-state index contributed by atoms with van der Waals surface area (Å²) in [6.07, 6.45) is -3.13. The largest absolute Gasteiger partial charge is 0.459 e. The number of hydrogen-bond acceptors (Lipinski definition) is 4. The van der Waals surface area contributed by atoms with Crippen LogP contribution in [0.3, 0.4) is 0 Å². The normalized spacial score (nSPS) is 12.5. The summed E-state index contributed by atoms with van der Waals surface area (Å²) in [5.41, 5.74) is -0.648. The van der Waals surface area contributed by atoms with Crippen molar-refractivity contribution in [1.29, 1.82) is 0 Å². The molecule has 0 saturated carbocycles. The highest BCUT2D eigenvalue weighted by molar-refractivity contribution is 6.33. The maximum absolute atomic E-state index is 12.8. The lowest BCUT2D eigenvalue weighted by atomic mass is 10.0. The van der Waals surface area contributed by atoms with E-state index in [4.69, 9.17) is 16.0 Å². The third kappa shape index (κ3) is 6.42. The fraction of sp³-hybridized carbons (Fsp3) is 0.368. The molecule has 29 heavy (non-hydrogen) atoms. The molecular weight excluding hydrogens is 411 g/mol. The topological polar surface area (TPSA) is 83.4 Å². The Labute approximate surface area is 170 Å². The first-order chi connectivity index (χ1) is 13.6. The number of benzene rings is 1. The molecule has 6 nitrogen and oxygen atoms in total. The van der Waals surface area contributed by atoms with Gasteiger partial charge in [-0.2, -0.15) is 13.2 Å². The molecule has 0 radical (unpaired) electrons. The Kier molecular flexibility index (Phi) is 7.55. The molecular formula is C19H21ClF3N3O3. The molecule has 0 saturated heterocycles. The molecule has 1 heterocycles. The predicted octanol–water partition coefficient (Wildman–Crippen LogP) is 3.93. The average Bonchev–Trinajstić information content (AvgIpc) is 3.17. The summed E-state index contributed by atoms with van der Waals surface area (Å²) >= 11 is 5.95. The van der Waals surface area contributed by atoms with Gasteiger partial charge in [0.15, 0.2) is 5.76 Å². The first-order valence-electron chi connectivity index (χ1n) is 8.82. The van der Waals surface area contributed by atoms with E-state index in [-0.39, 0.29) is 41.4 Å². The standard InChI is InChI=1S/C19H21ClF3N3O3/c1-11(2)16(26-14-6-5-12(10-13(14)20)19(21,22)23)18(28)25-8-7-24-17(27)15-4-3-9-29-15/h3-6,9-11,16,26H,7-8H2,1-2H3,(H,24,27)(H,25,28)/t16-/m1/s1. The van der Waals surface area contributed by atoms with Crippen molar-refractivity contribution in [3.8, 4) is 0 Å². The van der Waals surface area contributed by atoms with Gasteiger partial charge in [0.1, 0.15) is 6.04 Å². The predicted molar refractivity (Wildman–Crippen MR) is 103 cm³/mol. The van der Waals surface area contributed by atoms with Crippen molar-refractivity contribution in [2.75, 3.05) is 18.4 Å². The molecule has 0 fully saturated rings. The van der Waals surface area contributed by atoms with E-state index >= 15 is 0 Å². The smallest absolute Gasteiger partial charge is 0.416 e. The van der Waals surface area contributed by atoms with Crippen LogP contribution in [-0.4, -0.2) is 30.9 Å². The lowest BCUT2D eigenvalue weighted by molar-refractivity contribution is -0.137. The minimum Gasteiger partial charge on any atom is -0.459 e. The number of amides is 2.